The minimum atomic E-state index is -0.773. The van der Waals surface area contributed by atoms with E-state index in [0.717, 1.165) is 5.69 Å². The van der Waals surface area contributed by atoms with Crippen molar-refractivity contribution in [3.05, 3.63) is 24.0 Å². The van der Waals surface area contributed by atoms with Crippen molar-refractivity contribution in [2.24, 2.45) is 0 Å². The predicted octanol–water partition coefficient (Wildman–Crippen LogP) is 3.24. The van der Waals surface area contributed by atoms with Gasteiger partial charge in [0.25, 0.3) is 0 Å². The fourth-order valence-corrected chi connectivity index (χ4v) is 4.69. The molecule has 1 aromatic rings. The molecule has 0 radical (unpaired) electrons. The van der Waals surface area contributed by atoms with E-state index < -0.39 is 17.2 Å². The van der Waals surface area contributed by atoms with Gasteiger partial charge in [-0.25, -0.2) is 9.28 Å². The Morgan fingerprint density at radius 2 is 1.92 bits per heavy atom. The number of hydrogen-bond acceptors (Lipinski definition) is 3. The van der Waals surface area contributed by atoms with Crippen molar-refractivity contribution in [2.75, 3.05) is 26.2 Å². The van der Waals surface area contributed by atoms with E-state index in [-0.39, 0.29) is 10.6 Å². The molecule has 0 bridgehead atoms. The maximum atomic E-state index is 12.4. The number of carbonyl (C=O) groups is 2. The van der Waals surface area contributed by atoms with Gasteiger partial charge in [0, 0.05) is 32.1 Å². The number of ether oxygens (including phenoxy) is 1. The van der Waals surface area contributed by atoms with Crippen LogP contribution >= 0.6 is 0 Å². The highest BCUT2D eigenvalue weighted by atomic mass is 16.6. The monoisotopic (exact) mass is 364 g/mol. The predicted molar refractivity (Wildman–Crippen MR) is 96.8 cm³/mol. The molecular weight excluding hydrogens is 334 g/mol. The van der Waals surface area contributed by atoms with E-state index in [2.05, 4.69) is 4.57 Å². The Kier molecular flexibility index (Phi) is 4.55. The minimum Gasteiger partial charge on any atom is -0.444 e. The van der Waals surface area contributed by atoms with Gasteiger partial charge in [0.15, 0.2) is 5.54 Å². The van der Waals surface area contributed by atoms with Gasteiger partial charge in [-0.15, -0.1) is 0 Å². The average Bonchev–Trinajstić information content (AvgIpc) is 3.04. The number of likely N-dealkylation sites (tertiary alicyclic amines) is 1. The molecule has 7 nitrogen and oxygen atoms in total. The molecule has 2 amide bonds. The van der Waals surface area contributed by atoms with Crippen molar-refractivity contribution in [3.8, 4) is 0 Å². The SMILES string of the molecule is CC[N+]1(C(=O)O)CCn2cccc2C12CCN(C(=O)OC(C)(C)C)CC2. The van der Waals surface area contributed by atoms with Gasteiger partial charge < -0.3 is 19.3 Å². The van der Waals surface area contributed by atoms with Crippen LogP contribution in [0.4, 0.5) is 9.59 Å². The Balaban J connectivity index is 1.91. The second kappa shape index (κ2) is 6.30. The fraction of sp³-hybridized carbons (Fsp3) is 0.684. The summed E-state index contributed by atoms with van der Waals surface area (Å²) < 4.78 is 7.71. The molecule has 26 heavy (non-hydrogen) atoms. The molecule has 0 aromatic carbocycles. The van der Waals surface area contributed by atoms with Crippen LogP contribution < -0.4 is 0 Å². The molecule has 7 heteroatoms. The van der Waals surface area contributed by atoms with Gasteiger partial charge in [-0.05, 0) is 39.8 Å². The summed E-state index contributed by atoms with van der Waals surface area (Å²) in [6.45, 7) is 10.3. The minimum absolute atomic E-state index is 0.0408. The van der Waals surface area contributed by atoms with Crippen molar-refractivity contribution in [3.63, 3.8) is 0 Å². The third-order valence-electron chi connectivity index (χ3n) is 6.00. The van der Waals surface area contributed by atoms with E-state index >= 15 is 0 Å². The number of amides is 2. The van der Waals surface area contributed by atoms with E-state index in [1.54, 1.807) is 4.90 Å². The highest BCUT2D eigenvalue weighted by Crippen LogP contribution is 2.47. The molecule has 1 unspecified atom stereocenters. The van der Waals surface area contributed by atoms with E-state index in [0.29, 0.717) is 45.6 Å². The summed E-state index contributed by atoms with van der Waals surface area (Å²) in [7, 11) is 0. The molecule has 2 aliphatic rings. The Hall–Kier alpha value is -2.02. The van der Waals surface area contributed by atoms with Crippen LogP contribution in [0, 0.1) is 0 Å². The molecule has 3 rings (SSSR count). The molecule has 1 atom stereocenters. The molecule has 0 aliphatic carbocycles. The van der Waals surface area contributed by atoms with Gasteiger partial charge in [-0.3, -0.25) is 0 Å². The van der Waals surface area contributed by atoms with Gasteiger partial charge in [-0.1, -0.05) is 0 Å². The summed E-state index contributed by atoms with van der Waals surface area (Å²) in [5, 5.41) is 10.2. The van der Waals surface area contributed by atoms with E-state index in [1.807, 2.05) is 46.0 Å². The number of aromatic nitrogens is 1. The first-order valence-electron chi connectivity index (χ1n) is 9.39. The lowest BCUT2D eigenvalue weighted by molar-refractivity contribution is -0.923. The lowest BCUT2D eigenvalue weighted by Crippen LogP contribution is -2.71. The Bertz CT molecular complexity index is 698. The van der Waals surface area contributed by atoms with Crippen LogP contribution in [0.5, 0.6) is 0 Å². The van der Waals surface area contributed by atoms with Gasteiger partial charge in [0.1, 0.15) is 12.1 Å². The maximum absolute atomic E-state index is 12.4. The highest BCUT2D eigenvalue weighted by molar-refractivity contribution is 5.68. The van der Waals surface area contributed by atoms with Crippen molar-refractivity contribution in [1.82, 2.24) is 9.47 Å². The molecule has 0 saturated carbocycles. The summed E-state index contributed by atoms with van der Waals surface area (Å²) in [6.07, 6.45) is 2.18. The molecule has 3 heterocycles. The second-order valence-corrected chi connectivity index (χ2v) is 8.38. The van der Waals surface area contributed by atoms with Crippen LogP contribution in [0.15, 0.2) is 18.3 Å². The van der Waals surface area contributed by atoms with E-state index in [1.165, 1.54) is 0 Å². The maximum Gasteiger partial charge on any atom is 0.514 e. The number of piperidine rings is 1. The molecule has 1 spiro atoms. The third-order valence-corrected chi connectivity index (χ3v) is 6.00. The Morgan fingerprint density at radius 1 is 1.27 bits per heavy atom. The number of carboxylic acid groups (broad SMARTS) is 1. The van der Waals surface area contributed by atoms with Crippen LogP contribution in [0.1, 0.15) is 46.2 Å². The van der Waals surface area contributed by atoms with Crippen molar-refractivity contribution < 1.29 is 23.9 Å². The van der Waals surface area contributed by atoms with Crippen molar-refractivity contribution in [1.29, 1.82) is 0 Å². The molecule has 1 fully saturated rings. The van der Waals surface area contributed by atoms with Crippen LogP contribution in [0.3, 0.4) is 0 Å². The fourth-order valence-electron chi connectivity index (χ4n) is 4.69. The number of nitrogens with zero attached hydrogens (tertiary/aromatic N) is 3. The Morgan fingerprint density at radius 3 is 2.46 bits per heavy atom. The van der Waals surface area contributed by atoms with E-state index in [9.17, 15) is 14.7 Å². The molecule has 144 valence electrons. The summed E-state index contributed by atoms with van der Waals surface area (Å²) >= 11 is 0. The Labute approximate surface area is 154 Å². The molecular formula is C19H30N3O4+. The van der Waals surface area contributed by atoms with Crippen LogP contribution in [0.25, 0.3) is 0 Å². The first-order valence-corrected chi connectivity index (χ1v) is 9.39. The van der Waals surface area contributed by atoms with Gasteiger partial charge in [-0.2, -0.15) is 4.79 Å². The lowest BCUT2D eigenvalue weighted by Gasteiger charge is -2.54. The zero-order chi connectivity index (χ0) is 19.2. The first-order chi connectivity index (χ1) is 12.2. The first kappa shape index (κ1) is 18.8. The number of likely N-dealkylation sites (N-methyl/N-ethyl adjacent to an activating group) is 1. The number of quaternary nitrogens is 1. The van der Waals surface area contributed by atoms with Gasteiger partial charge in [0.05, 0.1) is 18.8 Å². The third kappa shape index (κ3) is 2.78. The zero-order valence-electron chi connectivity index (χ0n) is 16.2. The zero-order valence-corrected chi connectivity index (χ0v) is 16.2. The van der Waals surface area contributed by atoms with Crippen molar-refractivity contribution in [2.45, 2.75) is 58.2 Å². The smallest absolute Gasteiger partial charge is 0.444 e. The number of rotatable bonds is 1. The highest BCUT2D eigenvalue weighted by Gasteiger charge is 2.61. The lowest BCUT2D eigenvalue weighted by atomic mass is 9.78. The summed E-state index contributed by atoms with van der Waals surface area (Å²) in [5.41, 5.74) is 0.0496. The summed E-state index contributed by atoms with van der Waals surface area (Å²) in [4.78, 5) is 26.5. The molecule has 1 saturated heterocycles. The van der Waals surface area contributed by atoms with Crippen LogP contribution in [0.2, 0.25) is 0 Å². The topological polar surface area (TPSA) is 71.8 Å². The number of hydrogen-bond donors (Lipinski definition) is 1. The largest absolute Gasteiger partial charge is 0.514 e. The van der Waals surface area contributed by atoms with E-state index in [4.69, 9.17) is 4.74 Å². The standard InChI is InChI=1S/C19H29N3O4/c1-5-22(17(24)25)14-13-20-10-6-7-15(20)19(22)8-11-21(12-9-19)16(23)26-18(2,3)4/h6-7,10H,5,8-9,11-14H2,1-4H3/p+1. The molecule has 1 aromatic heterocycles. The quantitative estimate of drug-likeness (QED) is 0.777. The van der Waals surface area contributed by atoms with Crippen LogP contribution in [-0.2, 0) is 16.8 Å². The molecule has 2 aliphatic heterocycles. The number of fused-ring (bicyclic) bond motifs is 2. The second-order valence-electron chi connectivity index (χ2n) is 8.38. The normalized spacial score (nSPS) is 25.0. The van der Waals surface area contributed by atoms with Crippen LogP contribution in [-0.4, -0.2) is 63.0 Å². The van der Waals surface area contributed by atoms with Gasteiger partial charge in [0.2, 0.25) is 0 Å². The summed E-state index contributed by atoms with van der Waals surface area (Å²) in [5.74, 6) is 0. The summed E-state index contributed by atoms with van der Waals surface area (Å²) in [6, 6.07) is 4.04. The van der Waals surface area contributed by atoms with Gasteiger partial charge >= 0.3 is 12.2 Å². The average molecular weight is 364 g/mol. The number of carbonyl (C=O) groups excluding carboxylic acids is 1. The molecule has 1 N–H and O–H groups in total. The van der Waals surface area contributed by atoms with Crippen molar-refractivity contribution >= 4 is 12.2 Å².